The molecule has 0 amide bonds. The largest absolute Gasteiger partial charge is 0.467 e. The van der Waals surface area contributed by atoms with Crippen LogP contribution in [0.2, 0.25) is 0 Å². The van der Waals surface area contributed by atoms with Crippen LogP contribution < -0.4 is 0 Å². The van der Waals surface area contributed by atoms with Gasteiger partial charge in [-0.25, -0.2) is 13.9 Å². The lowest BCUT2D eigenvalue weighted by molar-refractivity contribution is -0.145. The first-order valence-corrected chi connectivity index (χ1v) is 4.27. The zero-order chi connectivity index (χ0) is 10.6. The number of hydrogen-bond donors (Lipinski definition) is 0. The number of ether oxygens (including phenoxy) is 1. The molecule has 0 aliphatic carbocycles. The number of esters is 1. The summed E-state index contributed by atoms with van der Waals surface area (Å²) in [4.78, 5) is 11.2. The molecule has 1 heterocycles. The number of methoxy groups -OCH3 is 1. The third kappa shape index (κ3) is 2.07. The molecule has 0 aliphatic heterocycles. The van der Waals surface area contributed by atoms with E-state index in [1.807, 2.05) is 6.92 Å². The molecule has 0 spiro atoms. The monoisotopic (exact) mass is 201 g/mol. The van der Waals surface area contributed by atoms with Gasteiger partial charge in [-0.3, -0.25) is 0 Å². The molecule has 5 nitrogen and oxygen atoms in total. The molecule has 0 bridgehead atoms. The summed E-state index contributed by atoms with van der Waals surface area (Å²) in [5.74, 6) is -0.400. The Morgan fingerprint density at radius 1 is 1.79 bits per heavy atom. The average molecular weight is 201 g/mol. The topological polar surface area (TPSA) is 57.0 Å². The van der Waals surface area contributed by atoms with Crippen molar-refractivity contribution >= 4 is 5.97 Å². The fourth-order valence-corrected chi connectivity index (χ4v) is 1.12. The lowest BCUT2D eigenvalue weighted by Crippen LogP contribution is -2.20. The van der Waals surface area contributed by atoms with Crippen molar-refractivity contribution in [1.82, 2.24) is 15.0 Å². The van der Waals surface area contributed by atoms with Gasteiger partial charge in [0, 0.05) is 0 Å². The van der Waals surface area contributed by atoms with Crippen LogP contribution in [0.15, 0.2) is 6.20 Å². The quantitative estimate of drug-likeness (QED) is 0.678. The second-order valence-electron chi connectivity index (χ2n) is 2.77. The Morgan fingerprint density at radius 2 is 2.50 bits per heavy atom. The highest BCUT2D eigenvalue weighted by Gasteiger charge is 2.20. The molecule has 6 heteroatoms. The highest BCUT2D eigenvalue weighted by Crippen LogP contribution is 2.11. The third-order valence-corrected chi connectivity index (χ3v) is 1.87. The van der Waals surface area contributed by atoms with E-state index >= 15 is 0 Å². The summed E-state index contributed by atoms with van der Waals surface area (Å²) >= 11 is 0. The Morgan fingerprint density at radius 3 is 2.93 bits per heavy atom. The van der Waals surface area contributed by atoms with Gasteiger partial charge >= 0.3 is 5.97 Å². The number of carbonyl (C=O) groups is 1. The van der Waals surface area contributed by atoms with Gasteiger partial charge in [0.15, 0.2) is 6.04 Å². The summed E-state index contributed by atoms with van der Waals surface area (Å²) in [6.07, 6.45) is 1.94. The second-order valence-corrected chi connectivity index (χ2v) is 2.77. The van der Waals surface area contributed by atoms with E-state index in [-0.39, 0.29) is 5.69 Å². The smallest absolute Gasteiger partial charge is 0.330 e. The Balaban J connectivity index is 2.83. The van der Waals surface area contributed by atoms with Crippen LogP contribution in [-0.4, -0.2) is 28.1 Å². The lowest BCUT2D eigenvalue weighted by Gasteiger charge is -2.11. The fraction of sp³-hybridized carbons (Fsp3) is 0.625. The Hall–Kier alpha value is -1.46. The van der Waals surface area contributed by atoms with Gasteiger partial charge in [0.2, 0.25) is 0 Å². The molecule has 0 radical (unpaired) electrons. The van der Waals surface area contributed by atoms with Crippen LogP contribution in [0.4, 0.5) is 4.39 Å². The molecule has 0 saturated heterocycles. The first kappa shape index (κ1) is 10.6. The lowest BCUT2D eigenvalue weighted by atomic mass is 10.2. The highest BCUT2D eigenvalue weighted by molar-refractivity contribution is 5.73. The number of halogens is 1. The first-order chi connectivity index (χ1) is 6.72. The van der Waals surface area contributed by atoms with Crippen molar-refractivity contribution in [2.45, 2.75) is 26.1 Å². The number of alkyl halides is 1. The number of rotatable bonds is 4. The van der Waals surface area contributed by atoms with Crippen LogP contribution in [0.1, 0.15) is 25.1 Å². The van der Waals surface area contributed by atoms with Gasteiger partial charge in [0.05, 0.1) is 13.3 Å². The standard InChI is InChI=1S/C8H12FN3O2/c1-3-7(8(13)14-2)12-5-6(4-9)10-11-12/h5,7H,3-4H2,1-2H3/t7-/m1/s1. The molecular weight excluding hydrogens is 189 g/mol. The molecule has 0 aliphatic rings. The molecule has 0 aromatic carbocycles. The van der Waals surface area contributed by atoms with Crippen LogP contribution in [0, 0.1) is 0 Å². The molecule has 78 valence electrons. The molecule has 0 fully saturated rings. The Bertz CT molecular complexity index is 313. The predicted octanol–water partition coefficient (Wildman–Crippen LogP) is 0.872. The summed E-state index contributed by atoms with van der Waals surface area (Å²) in [7, 11) is 1.30. The fourth-order valence-electron chi connectivity index (χ4n) is 1.12. The van der Waals surface area contributed by atoms with Crippen molar-refractivity contribution in [3.05, 3.63) is 11.9 Å². The molecule has 1 atom stereocenters. The van der Waals surface area contributed by atoms with E-state index in [0.717, 1.165) is 0 Å². The number of aromatic nitrogens is 3. The maximum atomic E-state index is 12.2. The van der Waals surface area contributed by atoms with E-state index in [1.54, 1.807) is 0 Å². The molecule has 0 N–H and O–H groups in total. The van der Waals surface area contributed by atoms with E-state index < -0.39 is 18.7 Å². The van der Waals surface area contributed by atoms with Gasteiger partial charge in [-0.2, -0.15) is 0 Å². The third-order valence-electron chi connectivity index (χ3n) is 1.87. The summed E-state index contributed by atoms with van der Waals surface area (Å²) < 4.78 is 18.1. The van der Waals surface area contributed by atoms with E-state index in [4.69, 9.17) is 0 Å². The van der Waals surface area contributed by atoms with Crippen molar-refractivity contribution in [3.8, 4) is 0 Å². The van der Waals surface area contributed by atoms with Crippen LogP contribution >= 0.6 is 0 Å². The Kier molecular flexibility index (Phi) is 3.55. The van der Waals surface area contributed by atoms with E-state index in [1.165, 1.54) is 18.0 Å². The minimum absolute atomic E-state index is 0.215. The average Bonchev–Trinajstić information content (AvgIpc) is 2.67. The van der Waals surface area contributed by atoms with Crippen LogP contribution in [0.3, 0.4) is 0 Å². The number of carbonyl (C=O) groups excluding carboxylic acids is 1. The van der Waals surface area contributed by atoms with E-state index in [2.05, 4.69) is 15.0 Å². The molecule has 1 aromatic heterocycles. The van der Waals surface area contributed by atoms with Gasteiger partial charge in [-0.1, -0.05) is 12.1 Å². The zero-order valence-electron chi connectivity index (χ0n) is 8.11. The molecule has 1 aromatic rings. The van der Waals surface area contributed by atoms with E-state index in [9.17, 15) is 9.18 Å². The zero-order valence-corrected chi connectivity index (χ0v) is 8.11. The molecule has 1 rings (SSSR count). The van der Waals surface area contributed by atoms with Crippen LogP contribution in [0.25, 0.3) is 0 Å². The molecule has 0 unspecified atom stereocenters. The molecule has 0 saturated carbocycles. The number of hydrogen-bond acceptors (Lipinski definition) is 4. The van der Waals surface area contributed by atoms with Crippen molar-refractivity contribution in [1.29, 1.82) is 0 Å². The predicted molar refractivity (Wildman–Crippen MR) is 46.2 cm³/mol. The van der Waals surface area contributed by atoms with Gasteiger partial charge in [-0.05, 0) is 6.42 Å². The van der Waals surface area contributed by atoms with Crippen LogP contribution in [0.5, 0.6) is 0 Å². The first-order valence-electron chi connectivity index (χ1n) is 4.27. The minimum atomic E-state index is -0.683. The summed E-state index contributed by atoms with van der Waals surface area (Å²) in [6, 6.07) is -0.521. The SMILES string of the molecule is CC[C@H](C(=O)OC)n1cc(CF)nn1. The highest BCUT2D eigenvalue weighted by atomic mass is 19.1. The van der Waals surface area contributed by atoms with Crippen molar-refractivity contribution in [3.63, 3.8) is 0 Å². The normalized spacial score (nSPS) is 12.5. The van der Waals surface area contributed by atoms with Crippen molar-refractivity contribution in [2.75, 3.05) is 7.11 Å². The molecular formula is C8H12FN3O2. The van der Waals surface area contributed by atoms with Gasteiger partial charge in [-0.15, -0.1) is 5.10 Å². The second kappa shape index (κ2) is 4.69. The van der Waals surface area contributed by atoms with Gasteiger partial charge in [0.25, 0.3) is 0 Å². The van der Waals surface area contributed by atoms with E-state index in [0.29, 0.717) is 6.42 Å². The minimum Gasteiger partial charge on any atom is -0.467 e. The number of nitrogens with zero attached hydrogens (tertiary/aromatic N) is 3. The summed E-state index contributed by atoms with van der Waals surface area (Å²) in [5.41, 5.74) is 0.215. The maximum Gasteiger partial charge on any atom is 0.330 e. The Labute approximate surface area is 80.9 Å². The maximum absolute atomic E-state index is 12.2. The van der Waals surface area contributed by atoms with Crippen molar-refractivity contribution in [2.24, 2.45) is 0 Å². The van der Waals surface area contributed by atoms with Gasteiger partial charge in [0.1, 0.15) is 12.4 Å². The van der Waals surface area contributed by atoms with Crippen molar-refractivity contribution < 1.29 is 13.9 Å². The molecule has 14 heavy (non-hydrogen) atoms. The summed E-state index contributed by atoms with van der Waals surface area (Å²) in [6.45, 7) is 1.13. The van der Waals surface area contributed by atoms with Gasteiger partial charge < -0.3 is 4.74 Å². The summed E-state index contributed by atoms with van der Waals surface area (Å²) in [5, 5.41) is 7.20. The van der Waals surface area contributed by atoms with Crippen LogP contribution in [-0.2, 0) is 16.2 Å².